The summed E-state index contributed by atoms with van der Waals surface area (Å²) in [6.07, 6.45) is 2.97. The van der Waals surface area contributed by atoms with E-state index in [9.17, 15) is 9.59 Å². The zero-order valence-electron chi connectivity index (χ0n) is 13.1. The molecule has 0 aliphatic heterocycles. The molecule has 8 heteroatoms. The number of rotatable bonds is 5. The predicted molar refractivity (Wildman–Crippen MR) is 92.1 cm³/mol. The van der Waals surface area contributed by atoms with E-state index in [2.05, 4.69) is 25.3 Å². The molecule has 122 valence electrons. The number of carbonyl (C=O) groups excluding carboxylic acids is 2. The number of H-pyrrole nitrogens is 1. The Balaban J connectivity index is 1.68. The number of nitrogens with zero attached hydrogens (tertiary/aromatic N) is 3. The van der Waals surface area contributed by atoms with E-state index in [0.717, 1.165) is 0 Å². The third-order valence-electron chi connectivity index (χ3n) is 3.40. The zero-order chi connectivity index (χ0) is 17.1. The Morgan fingerprint density at radius 3 is 2.62 bits per heavy atom. The van der Waals surface area contributed by atoms with Crippen molar-refractivity contribution in [2.45, 2.75) is 24.1 Å². The Bertz CT molecular complexity index is 891. The van der Waals surface area contributed by atoms with Crippen molar-refractivity contribution < 1.29 is 9.59 Å². The molecule has 1 aromatic carbocycles. The first-order valence-electron chi connectivity index (χ1n) is 7.27. The van der Waals surface area contributed by atoms with Gasteiger partial charge in [0.25, 0.3) is 0 Å². The molecule has 0 fully saturated rings. The molecule has 7 nitrogen and oxygen atoms in total. The van der Waals surface area contributed by atoms with Gasteiger partial charge in [-0.15, -0.1) is 0 Å². The number of amides is 1. The third-order valence-corrected chi connectivity index (χ3v) is 4.51. The van der Waals surface area contributed by atoms with E-state index in [1.807, 2.05) is 0 Å². The molecule has 3 rings (SSSR count). The fourth-order valence-corrected chi connectivity index (χ4v) is 2.96. The first-order chi connectivity index (χ1) is 11.5. The first-order valence-corrected chi connectivity index (χ1v) is 8.15. The van der Waals surface area contributed by atoms with Gasteiger partial charge >= 0.3 is 0 Å². The van der Waals surface area contributed by atoms with Crippen LogP contribution in [0.3, 0.4) is 0 Å². The fraction of sp³-hybridized carbons (Fsp3) is 0.188. The van der Waals surface area contributed by atoms with Crippen molar-refractivity contribution in [1.29, 1.82) is 0 Å². The number of hydrogen-bond donors (Lipinski definition) is 2. The Labute approximate surface area is 142 Å². The summed E-state index contributed by atoms with van der Waals surface area (Å²) in [5.41, 5.74) is 2.54. The number of thioether (sulfide) groups is 1. The van der Waals surface area contributed by atoms with Crippen LogP contribution in [-0.4, -0.2) is 36.9 Å². The van der Waals surface area contributed by atoms with E-state index in [4.69, 9.17) is 0 Å². The number of hydrogen-bond acceptors (Lipinski definition) is 6. The molecule has 24 heavy (non-hydrogen) atoms. The van der Waals surface area contributed by atoms with Gasteiger partial charge in [-0.05, 0) is 38.1 Å². The monoisotopic (exact) mass is 341 g/mol. The number of Topliss-reactive ketones (excluding diaryl/α,β-unsaturated/α-hetero) is 1. The van der Waals surface area contributed by atoms with Crippen LogP contribution in [0.15, 0.2) is 41.9 Å². The van der Waals surface area contributed by atoms with Gasteiger partial charge in [0.2, 0.25) is 5.91 Å². The topological polar surface area (TPSA) is 101 Å². The van der Waals surface area contributed by atoms with Crippen LogP contribution in [0.5, 0.6) is 0 Å². The SMILES string of the molecule is CC(=O)c1ccc(NC(=O)[C@@H](C)Sc2ncnc3nc[nH]c23)cc1. The molecule has 2 heterocycles. The van der Waals surface area contributed by atoms with Gasteiger partial charge in [-0.25, -0.2) is 15.0 Å². The average Bonchev–Trinajstić information content (AvgIpc) is 3.05. The van der Waals surface area contributed by atoms with Crippen LogP contribution in [-0.2, 0) is 4.79 Å². The maximum Gasteiger partial charge on any atom is 0.237 e. The first kappa shape index (κ1) is 16.1. The number of fused-ring (bicyclic) bond motifs is 1. The minimum Gasteiger partial charge on any atom is -0.341 e. The largest absolute Gasteiger partial charge is 0.341 e. The number of anilines is 1. The summed E-state index contributed by atoms with van der Waals surface area (Å²) in [5, 5.41) is 3.14. The molecule has 0 unspecified atom stereocenters. The molecule has 2 N–H and O–H groups in total. The molecule has 0 bridgehead atoms. The quantitative estimate of drug-likeness (QED) is 0.420. The second-order valence-electron chi connectivity index (χ2n) is 5.16. The van der Waals surface area contributed by atoms with E-state index in [1.165, 1.54) is 25.0 Å². The van der Waals surface area contributed by atoms with Gasteiger partial charge in [0, 0.05) is 11.3 Å². The van der Waals surface area contributed by atoms with E-state index in [0.29, 0.717) is 27.4 Å². The smallest absolute Gasteiger partial charge is 0.237 e. The van der Waals surface area contributed by atoms with Gasteiger partial charge in [-0.1, -0.05) is 11.8 Å². The number of benzene rings is 1. The molecular formula is C16H15N5O2S. The average molecular weight is 341 g/mol. The van der Waals surface area contributed by atoms with Gasteiger partial charge in [-0.2, -0.15) is 0 Å². The van der Waals surface area contributed by atoms with Crippen molar-refractivity contribution >= 4 is 40.3 Å². The molecular weight excluding hydrogens is 326 g/mol. The minimum absolute atomic E-state index is 0.0101. The van der Waals surface area contributed by atoms with Crippen LogP contribution >= 0.6 is 11.8 Å². The van der Waals surface area contributed by atoms with E-state index >= 15 is 0 Å². The highest BCUT2D eigenvalue weighted by molar-refractivity contribution is 8.00. The summed E-state index contributed by atoms with van der Waals surface area (Å²) in [6, 6.07) is 6.80. The Morgan fingerprint density at radius 1 is 1.17 bits per heavy atom. The normalized spacial score (nSPS) is 12.1. The number of aromatic nitrogens is 4. The number of nitrogens with one attached hydrogen (secondary N) is 2. The number of imidazole rings is 1. The number of ketones is 1. The summed E-state index contributed by atoms with van der Waals surface area (Å²) in [6.45, 7) is 3.30. The van der Waals surface area contributed by atoms with Gasteiger partial charge in [0.1, 0.15) is 16.9 Å². The summed E-state index contributed by atoms with van der Waals surface area (Å²) >= 11 is 1.32. The summed E-state index contributed by atoms with van der Waals surface area (Å²) in [5.74, 6) is -0.161. The second kappa shape index (κ2) is 6.79. The van der Waals surface area contributed by atoms with Crippen molar-refractivity contribution in [2.24, 2.45) is 0 Å². The van der Waals surface area contributed by atoms with Gasteiger partial charge in [0.15, 0.2) is 11.4 Å². The molecule has 0 spiro atoms. The summed E-state index contributed by atoms with van der Waals surface area (Å²) < 4.78 is 0. The number of aromatic amines is 1. The third kappa shape index (κ3) is 3.43. The molecule has 1 amide bonds. The van der Waals surface area contributed by atoms with Crippen LogP contribution in [0, 0.1) is 0 Å². The van der Waals surface area contributed by atoms with Gasteiger partial charge in [-0.3, -0.25) is 9.59 Å². The Kier molecular flexibility index (Phi) is 4.57. The molecule has 0 radical (unpaired) electrons. The number of carbonyl (C=O) groups is 2. The maximum absolute atomic E-state index is 12.3. The molecule has 0 aliphatic carbocycles. The highest BCUT2D eigenvalue weighted by Crippen LogP contribution is 2.26. The summed E-state index contributed by atoms with van der Waals surface area (Å²) in [7, 11) is 0. The zero-order valence-corrected chi connectivity index (χ0v) is 13.9. The lowest BCUT2D eigenvalue weighted by molar-refractivity contribution is -0.115. The van der Waals surface area contributed by atoms with Crippen molar-refractivity contribution in [3.05, 3.63) is 42.5 Å². The lowest BCUT2D eigenvalue weighted by atomic mass is 10.1. The van der Waals surface area contributed by atoms with Crippen molar-refractivity contribution in [1.82, 2.24) is 19.9 Å². The van der Waals surface area contributed by atoms with Crippen LogP contribution in [0.1, 0.15) is 24.2 Å². The highest BCUT2D eigenvalue weighted by atomic mass is 32.2. The van der Waals surface area contributed by atoms with Crippen LogP contribution in [0.25, 0.3) is 11.2 Å². The lowest BCUT2D eigenvalue weighted by Crippen LogP contribution is -2.22. The van der Waals surface area contributed by atoms with E-state index in [-0.39, 0.29) is 16.9 Å². The van der Waals surface area contributed by atoms with E-state index < -0.39 is 0 Å². The predicted octanol–water partition coefficient (Wildman–Crippen LogP) is 2.67. The molecule has 3 aromatic rings. The second-order valence-corrected chi connectivity index (χ2v) is 6.49. The Hall–Kier alpha value is -2.74. The van der Waals surface area contributed by atoms with Crippen molar-refractivity contribution in [2.75, 3.05) is 5.32 Å². The van der Waals surface area contributed by atoms with Crippen molar-refractivity contribution in [3.8, 4) is 0 Å². The van der Waals surface area contributed by atoms with Crippen LogP contribution in [0.2, 0.25) is 0 Å². The minimum atomic E-state index is -0.362. The standard InChI is InChI=1S/C16H15N5O2S/c1-9(22)11-3-5-12(6-4-11)21-15(23)10(2)24-16-13-14(18-7-17-13)19-8-20-16/h3-8,10H,1-2H3,(H,21,23)(H,17,18,19,20)/t10-/m1/s1. The maximum atomic E-state index is 12.3. The Morgan fingerprint density at radius 2 is 1.92 bits per heavy atom. The highest BCUT2D eigenvalue weighted by Gasteiger charge is 2.18. The van der Waals surface area contributed by atoms with Crippen molar-refractivity contribution in [3.63, 3.8) is 0 Å². The lowest BCUT2D eigenvalue weighted by Gasteiger charge is -2.12. The molecule has 1 atom stereocenters. The molecule has 2 aromatic heterocycles. The fourth-order valence-electron chi connectivity index (χ4n) is 2.09. The molecule has 0 saturated carbocycles. The molecule has 0 saturated heterocycles. The molecule has 0 aliphatic rings. The summed E-state index contributed by atoms with van der Waals surface area (Å²) in [4.78, 5) is 38.9. The van der Waals surface area contributed by atoms with Crippen LogP contribution in [0.4, 0.5) is 5.69 Å². The van der Waals surface area contributed by atoms with Gasteiger partial charge < -0.3 is 10.3 Å². The van der Waals surface area contributed by atoms with E-state index in [1.54, 1.807) is 37.5 Å². The van der Waals surface area contributed by atoms with Gasteiger partial charge in [0.05, 0.1) is 11.6 Å². The van der Waals surface area contributed by atoms with Crippen LogP contribution < -0.4 is 5.32 Å².